The number of hydrogen-bond donors (Lipinski definition) is 1. The molecule has 1 N–H and O–H groups in total. The lowest BCUT2D eigenvalue weighted by atomic mass is 10.2. The van der Waals surface area contributed by atoms with Crippen molar-refractivity contribution in [2.24, 2.45) is 0 Å². The lowest BCUT2D eigenvalue weighted by molar-refractivity contribution is -0.127. The number of benzene rings is 3. The third kappa shape index (κ3) is 5.75. The van der Waals surface area contributed by atoms with E-state index in [0.717, 1.165) is 16.7 Å². The van der Waals surface area contributed by atoms with Crippen molar-refractivity contribution in [1.82, 2.24) is 4.90 Å². The molecule has 2 heterocycles. The molecule has 8 nitrogen and oxygen atoms in total. The van der Waals surface area contributed by atoms with E-state index in [9.17, 15) is 18.8 Å². The molecule has 188 valence electrons. The first-order chi connectivity index (χ1) is 18.0. The van der Waals surface area contributed by atoms with Crippen molar-refractivity contribution in [3.63, 3.8) is 0 Å². The monoisotopic (exact) mass is 520 g/mol. The zero-order chi connectivity index (χ0) is 25.8. The van der Waals surface area contributed by atoms with Gasteiger partial charge >= 0.3 is 0 Å². The second kappa shape index (κ2) is 10.8. The van der Waals surface area contributed by atoms with Gasteiger partial charge in [-0.2, -0.15) is 0 Å². The van der Waals surface area contributed by atoms with E-state index in [-0.39, 0.29) is 17.3 Å². The number of carbonyl (C=O) groups excluding carboxylic acids is 3. The Hall–Kier alpha value is -4.31. The van der Waals surface area contributed by atoms with Crippen molar-refractivity contribution in [3.8, 4) is 17.2 Å². The van der Waals surface area contributed by atoms with Crippen molar-refractivity contribution in [1.29, 1.82) is 0 Å². The number of fused-ring (bicyclic) bond motifs is 1. The second-order valence-corrected chi connectivity index (χ2v) is 9.12. The molecule has 1 saturated heterocycles. The van der Waals surface area contributed by atoms with Gasteiger partial charge in [0.15, 0.2) is 11.5 Å². The van der Waals surface area contributed by atoms with Gasteiger partial charge in [-0.3, -0.25) is 19.3 Å². The second-order valence-electron chi connectivity index (χ2n) is 8.13. The van der Waals surface area contributed by atoms with E-state index in [4.69, 9.17) is 14.2 Å². The number of imide groups is 1. The molecule has 5 rings (SSSR count). The van der Waals surface area contributed by atoms with Crippen LogP contribution in [-0.2, 0) is 16.2 Å². The topological polar surface area (TPSA) is 94.2 Å². The maximum atomic E-state index is 13.8. The Morgan fingerprint density at radius 3 is 2.68 bits per heavy atom. The fourth-order valence-electron chi connectivity index (χ4n) is 3.72. The summed E-state index contributed by atoms with van der Waals surface area (Å²) in [5.41, 5.74) is 1.50. The average molecular weight is 521 g/mol. The molecule has 0 saturated carbocycles. The average Bonchev–Trinajstić information content (AvgIpc) is 3.15. The molecule has 0 atom stereocenters. The Bertz CT molecular complexity index is 1410. The van der Waals surface area contributed by atoms with E-state index in [1.54, 1.807) is 66.7 Å². The highest BCUT2D eigenvalue weighted by Gasteiger charge is 2.36. The largest absolute Gasteiger partial charge is 0.489 e. The predicted molar refractivity (Wildman–Crippen MR) is 136 cm³/mol. The summed E-state index contributed by atoms with van der Waals surface area (Å²) in [5, 5.41) is 2.13. The number of nitrogens with zero attached hydrogens (tertiary/aromatic N) is 1. The van der Waals surface area contributed by atoms with E-state index in [1.165, 1.54) is 6.07 Å². The van der Waals surface area contributed by atoms with Crippen LogP contribution in [0.2, 0.25) is 0 Å². The van der Waals surface area contributed by atoms with Crippen LogP contribution in [0.5, 0.6) is 17.2 Å². The molecule has 1 fully saturated rings. The minimum atomic E-state index is -0.565. The maximum absolute atomic E-state index is 13.8. The Balaban J connectivity index is 1.22. The van der Waals surface area contributed by atoms with Gasteiger partial charge in [-0.15, -0.1) is 0 Å². The minimum Gasteiger partial charge on any atom is -0.489 e. The molecule has 0 bridgehead atoms. The zero-order valence-corrected chi connectivity index (χ0v) is 20.3. The maximum Gasteiger partial charge on any atom is 0.294 e. The van der Waals surface area contributed by atoms with E-state index in [2.05, 4.69) is 5.32 Å². The summed E-state index contributed by atoms with van der Waals surface area (Å²) in [7, 11) is 0. The lowest BCUT2D eigenvalue weighted by Gasteiger charge is -2.19. The lowest BCUT2D eigenvalue weighted by Crippen LogP contribution is -2.36. The highest BCUT2D eigenvalue weighted by molar-refractivity contribution is 8.18. The highest BCUT2D eigenvalue weighted by Crippen LogP contribution is 2.34. The predicted octanol–water partition coefficient (Wildman–Crippen LogP) is 4.85. The van der Waals surface area contributed by atoms with Gasteiger partial charge in [-0.25, -0.2) is 4.39 Å². The smallest absolute Gasteiger partial charge is 0.294 e. The van der Waals surface area contributed by atoms with E-state index in [1.807, 2.05) is 0 Å². The van der Waals surface area contributed by atoms with Gasteiger partial charge in [0.1, 0.15) is 37.9 Å². The number of hydrogen-bond acceptors (Lipinski definition) is 7. The van der Waals surface area contributed by atoms with E-state index >= 15 is 0 Å². The number of amides is 3. The molecule has 0 radical (unpaired) electrons. The molecule has 0 aromatic heterocycles. The molecule has 3 aromatic carbocycles. The number of ether oxygens (including phenoxy) is 3. The summed E-state index contributed by atoms with van der Waals surface area (Å²) in [6, 6.07) is 18.2. The summed E-state index contributed by atoms with van der Waals surface area (Å²) in [4.78, 5) is 39.0. The Kier molecular flexibility index (Phi) is 7.09. The van der Waals surface area contributed by atoms with Crippen LogP contribution in [0.15, 0.2) is 71.6 Å². The molecule has 3 aromatic rings. The van der Waals surface area contributed by atoms with Gasteiger partial charge in [0.2, 0.25) is 5.91 Å². The summed E-state index contributed by atoms with van der Waals surface area (Å²) >= 11 is 0.753. The summed E-state index contributed by atoms with van der Waals surface area (Å²) in [6.07, 6.45) is 1.56. The first-order valence-corrected chi connectivity index (χ1v) is 12.2. The van der Waals surface area contributed by atoms with Crippen molar-refractivity contribution >= 4 is 40.6 Å². The molecule has 0 unspecified atom stereocenters. The Morgan fingerprint density at radius 2 is 1.84 bits per heavy atom. The van der Waals surface area contributed by atoms with Gasteiger partial charge < -0.3 is 19.5 Å². The van der Waals surface area contributed by atoms with Crippen LogP contribution in [0.3, 0.4) is 0 Å². The molecule has 10 heteroatoms. The number of carbonyl (C=O) groups is 3. The number of rotatable bonds is 7. The third-order valence-electron chi connectivity index (χ3n) is 5.51. The van der Waals surface area contributed by atoms with E-state index < -0.39 is 23.6 Å². The van der Waals surface area contributed by atoms with Gasteiger partial charge in [-0.05, 0) is 53.7 Å². The summed E-state index contributed by atoms with van der Waals surface area (Å²) < 4.78 is 30.5. The van der Waals surface area contributed by atoms with Crippen LogP contribution >= 0.6 is 11.8 Å². The molecule has 0 aliphatic carbocycles. The van der Waals surface area contributed by atoms with Crippen LogP contribution in [-0.4, -0.2) is 41.7 Å². The standard InChI is InChI=1S/C27H21FN2O6S/c28-21-7-2-1-5-18(21)16-36-20-6-3-4-17(12-20)13-24-26(32)30(27(33)37-24)15-25(31)29-19-8-9-22-23(14-19)35-11-10-34-22/h1-9,12-14H,10-11,15-16H2,(H,29,31)/b24-13-. The van der Waals surface area contributed by atoms with Gasteiger partial charge in [0, 0.05) is 17.3 Å². The summed E-state index contributed by atoms with van der Waals surface area (Å²) in [6.45, 7) is 0.484. The molecular formula is C27H21FN2O6S. The fraction of sp³-hybridized carbons (Fsp3) is 0.148. The number of thioether (sulfide) groups is 1. The fourth-order valence-corrected chi connectivity index (χ4v) is 4.56. The first kappa shape index (κ1) is 24.4. The van der Waals surface area contributed by atoms with Crippen LogP contribution in [0.4, 0.5) is 14.9 Å². The normalized spacial score (nSPS) is 15.7. The van der Waals surface area contributed by atoms with Crippen LogP contribution in [0.1, 0.15) is 11.1 Å². The molecule has 37 heavy (non-hydrogen) atoms. The summed E-state index contributed by atoms with van der Waals surface area (Å²) in [5.74, 6) is 0.134. The van der Waals surface area contributed by atoms with Gasteiger partial charge in [0.05, 0.1) is 4.91 Å². The quantitative estimate of drug-likeness (QED) is 0.445. The van der Waals surface area contributed by atoms with Crippen LogP contribution < -0.4 is 19.5 Å². The first-order valence-electron chi connectivity index (χ1n) is 11.4. The SMILES string of the molecule is O=C(CN1C(=O)S/C(=C\c2cccc(OCc3ccccc3F)c2)C1=O)Nc1ccc2c(c1)OCCO2. The van der Waals surface area contributed by atoms with Crippen LogP contribution in [0, 0.1) is 5.82 Å². The number of anilines is 1. The van der Waals surface area contributed by atoms with Crippen molar-refractivity contribution in [2.75, 3.05) is 25.1 Å². The van der Waals surface area contributed by atoms with Crippen molar-refractivity contribution < 1.29 is 33.0 Å². The Labute approximate surface area is 216 Å². The van der Waals surface area contributed by atoms with E-state index in [0.29, 0.717) is 47.3 Å². The molecular weight excluding hydrogens is 499 g/mol. The van der Waals surface area contributed by atoms with Crippen molar-refractivity contribution in [3.05, 3.63) is 88.6 Å². The zero-order valence-electron chi connectivity index (χ0n) is 19.4. The van der Waals surface area contributed by atoms with Crippen molar-refractivity contribution in [2.45, 2.75) is 6.61 Å². The molecule has 2 aliphatic rings. The number of nitrogens with one attached hydrogen (secondary N) is 1. The Morgan fingerprint density at radius 1 is 1.03 bits per heavy atom. The third-order valence-corrected chi connectivity index (χ3v) is 6.42. The molecule has 3 amide bonds. The molecule has 0 spiro atoms. The van der Waals surface area contributed by atoms with Gasteiger partial charge in [0.25, 0.3) is 11.1 Å². The van der Waals surface area contributed by atoms with Gasteiger partial charge in [-0.1, -0.05) is 30.3 Å². The molecule has 2 aliphatic heterocycles. The number of halogens is 1. The highest BCUT2D eigenvalue weighted by atomic mass is 32.2. The van der Waals surface area contributed by atoms with Crippen LogP contribution in [0.25, 0.3) is 6.08 Å². The minimum absolute atomic E-state index is 0.0467.